The third-order valence-electron chi connectivity index (χ3n) is 4.26. The van der Waals surface area contributed by atoms with E-state index >= 15 is 0 Å². The van der Waals surface area contributed by atoms with E-state index in [2.05, 4.69) is 46.6 Å². The number of hydrogen-bond donors (Lipinski definition) is 2. The van der Waals surface area contributed by atoms with Crippen LogP contribution in [0.25, 0.3) is 0 Å². The number of anilines is 4. The van der Waals surface area contributed by atoms with E-state index in [0.29, 0.717) is 19.0 Å². The fraction of sp³-hybridized carbons (Fsp3) is 0.200. The molecule has 0 bridgehead atoms. The highest BCUT2D eigenvalue weighted by atomic mass is 16.6. The summed E-state index contributed by atoms with van der Waals surface area (Å²) in [5.41, 5.74) is 4.38. The Labute approximate surface area is 152 Å². The van der Waals surface area contributed by atoms with Crippen LogP contribution >= 0.6 is 0 Å². The predicted molar refractivity (Wildman–Crippen MR) is 102 cm³/mol. The molecule has 1 aromatic heterocycles. The van der Waals surface area contributed by atoms with Gasteiger partial charge < -0.3 is 20.1 Å². The van der Waals surface area contributed by atoms with Crippen LogP contribution in [0.15, 0.2) is 48.8 Å². The van der Waals surface area contributed by atoms with Crippen molar-refractivity contribution in [2.24, 2.45) is 0 Å². The molecule has 0 aliphatic carbocycles. The summed E-state index contributed by atoms with van der Waals surface area (Å²) in [7, 11) is 0. The van der Waals surface area contributed by atoms with Crippen LogP contribution in [0.2, 0.25) is 0 Å². The van der Waals surface area contributed by atoms with Gasteiger partial charge in [-0.3, -0.25) is 0 Å². The number of aryl methyl sites for hydroxylation is 2. The molecular formula is C20H20N4O2. The van der Waals surface area contributed by atoms with E-state index in [1.54, 1.807) is 0 Å². The highest BCUT2D eigenvalue weighted by Gasteiger charge is 2.12. The average Bonchev–Trinajstić information content (AvgIpc) is 2.65. The molecule has 0 amide bonds. The number of nitrogens with one attached hydrogen (secondary N) is 2. The summed E-state index contributed by atoms with van der Waals surface area (Å²) in [4.78, 5) is 8.58. The first kappa shape index (κ1) is 16.2. The SMILES string of the molecule is Cc1ccc(Nc2cc(Nc3ccc4c(c3)OCCO4)ncn2)cc1C. The van der Waals surface area contributed by atoms with Crippen molar-refractivity contribution in [1.82, 2.24) is 9.97 Å². The smallest absolute Gasteiger partial charge is 0.163 e. The van der Waals surface area contributed by atoms with Crippen molar-refractivity contribution in [2.75, 3.05) is 23.8 Å². The van der Waals surface area contributed by atoms with Crippen molar-refractivity contribution in [3.05, 3.63) is 59.9 Å². The Morgan fingerprint density at radius 1 is 0.731 bits per heavy atom. The number of aromatic nitrogens is 2. The second-order valence-electron chi connectivity index (χ2n) is 6.20. The molecule has 26 heavy (non-hydrogen) atoms. The standard InChI is InChI=1S/C20H20N4O2/c1-13-3-4-15(9-14(13)2)23-19-11-20(22-12-21-19)24-16-5-6-17-18(10-16)26-8-7-25-17/h3-6,9-12H,7-8H2,1-2H3,(H2,21,22,23,24). The summed E-state index contributed by atoms with van der Waals surface area (Å²) in [5, 5.41) is 6.59. The molecule has 0 atom stereocenters. The van der Waals surface area contributed by atoms with E-state index in [1.165, 1.54) is 17.5 Å². The van der Waals surface area contributed by atoms with Crippen LogP contribution in [0.3, 0.4) is 0 Å². The van der Waals surface area contributed by atoms with Gasteiger partial charge in [-0.15, -0.1) is 0 Å². The maximum Gasteiger partial charge on any atom is 0.163 e. The summed E-state index contributed by atoms with van der Waals surface area (Å²) in [5.74, 6) is 2.93. The zero-order valence-corrected chi connectivity index (χ0v) is 14.7. The fourth-order valence-electron chi connectivity index (χ4n) is 2.73. The van der Waals surface area contributed by atoms with Crippen molar-refractivity contribution in [1.29, 1.82) is 0 Å². The van der Waals surface area contributed by atoms with E-state index in [9.17, 15) is 0 Å². The van der Waals surface area contributed by atoms with Crippen molar-refractivity contribution in [2.45, 2.75) is 13.8 Å². The van der Waals surface area contributed by atoms with Gasteiger partial charge in [0.25, 0.3) is 0 Å². The molecule has 2 aromatic carbocycles. The Morgan fingerprint density at radius 2 is 1.38 bits per heavy atom. The Bertz CT molecular complexity index is 943. The highest BCUT2D eigenvalue weighted by molar-refractivity contribution is 5.65. The number of rotatable bonds is 4. The zero-order chi connectivity index (χ0) is 17.9. The molecule has 6 nitrogen and oxygen atoms in total. The fourth-order valence-corrected chi connectivity index (χ4v) is 2.73. The summed E-state index contributed by atoms with van der Waals surface area (Å²) >= 11 is 0. The van der Waals surface area contributed by atoms with Gasteiger partial charge in [0, 0.05) is 23.5 Å². The average molecular weight is 348 g/mol. The van der Waals surface area contributed by atoms with E-state index in [-0.39, 0.29) is 0 Å². The first-order valence-electron chi connectivity index (χ1n) is 8.50. The van der Waals surface area contributed by atoms with Crippen LogP contribution in [0.4, 0.5) is 23.0 Å². The molecule has 1 aliphatic rings. The first-order chi connectivity index (χ1) is 12.7. The number of benzene rings is 2. The molecule has 0 fully saturated rings. The molecule has 3 aromatic rings. The number of nitrogens with zero attached hydrogens (tertiary/aromatic N) is 2. The van der Waals surface area contributed by atoms with Crippen molar-refractivity contribution >= 4 is 23.0 Å². The lowest BCUT2D eigenvalue weighted by Gasteiger charge is -2.19. The van der Waals surface area contributed by atoms with Crippen LogP contribution in [0.1, 0.15) is 11.1 Å². The molecule has 0 saturated carbocycles. The molecule has 0 unspecified atom stereocenters. The lowest BCUT2D eigenvalue weighted by atomic mass is 10.1. The van der Waals surface area contributed by atoms with Crippen LogP contribution in [0, 0.1) is 13.8 Å². The Kier molecular flexibility index (Phi) is 4.31. The Balaban J connectivity index is 1.51. The minimum atomic E-state index is 0.563. The van der Waals surface area contributed by atoms with Crippen LogP contribution in [-0.2, 0) is 0 Å². The van der Waals surface area contributed by atoms with Gasteiger partial charge in [0.1, 0.15) is 31.2 Å². The van der Waals surface area contributed by atoms with Crippen LogP contribution < -0.4 is 20.1 Å². The van der Waals surface area contributed by atoms with Crippen molar-refractivity contribution < 1.29 is 9.47 Å². The number of hydrogen-bond acceptors (Lipinski definition) is 6. The number of fused-ring (bicyclic) bond motifs is 1. The highest BCUT2D eigenvalue weighted by Crippen LogP contribution is 2.33. The normalized spacial score (nSPS) is 12.5. The Hall–Kier alpha value is -3.28. The predicted octanol–water partition coefficient (Wildman–Crippen LogP) is 4.35. The number of ether oxygens (including phenoxy) is 2. The molecule has 2 N–H and O–H groups in total. The maximum absolute atomic E-state index is 5.62. The Morgan fingerprint density at radius 3 is 2.12 bits per heavy atom. The minimum absolute atomic E-state index is 0.563. The summed E-state index contributed by atoms with van der Waals surface area (Å²) < 4.78 is 11.2. The quantitative estimate of drug-likeness (QED) is 0.730. The second kappa shape index (κ2) is 6.92. The molecule has 1 aliphatic heterocycles. The molecule has 0 spiro atoms. The van der Waals surface area contributed by atoms with Gasteiger partial charge in [-0.25, -0.2) is 9.97 Å². The van der Waals surface area contributed by atoms with Gasteiger partial charge in [-0.2, -0.15) is 0 Å². The largest absolute Gasteiger partial charge is 0.486 e. The summed E-state index contributed by atoms with van der Waals surface area (Å²) in [6, 6.07) is 13.8. The summed E-state index contributed by atoms with van der Waals surface area (Å²) in [6.07, 6.45) is 1.53. The van der Waals surface area contributed by atoms with E-state index in [1.807, 2.05) is 30.3 Å². The molecule has 0 radical (unpaired) electrons. The molecular weight excluding hydrogens is 328 g/mol. The van der Waals surface area contributed by atoms with E-state index in [4.69, 9.17) is 9.47 Å². The molecule has 4 rings (SSSR count). The molecule has 0 saturated heterocycles. The van der Waals surface area contributed by atoms with Crippen LogP contribution in [0.5, 0.6) is 11.5 Å². The second-order valence-corrected chi connectivity index (χ2v) is 6.20. The monoisotopic (exact) mass is 348 g/mol. The van der Waals surface area contributed by atoms with Crippen molar-refractivity contribution in [3.8, 4) is 11.5 Å². The molecule has 2 heterocycles. The molecule has 132 valence electrons. The minimum Gasteiger partial charge on any atom is -0.486 e. The maximum atomic E-state index is 5.62. The van der Waals surface area contributed by atoms with Gasteiger partial charge in [0.05, 0.1) is 0 Å². The third kappa shape index (κ3) is 3.54. The molecule has 6 heteroatoms. The zero-order valence-electron chi connectivity index (χ0n) is 14.7. The van der Waals surface area contributed by atoms with Gasteiger partial charge >= 0.3 is 0 Å². The van der Waals surface area contributed by atoms with E-state index in [0.717, 1.165) is 28.7 Å². The van der Waals surface area contributed by atoms with Crippen molar-refractivity contribution in [3.63, 3.8) is 0 Å². The lowest BCUT2D eigenvalue weighted by molar-refractivity contribution is 0.171. The lowest BCUT2D eigenvalue weighted by Crippen LogP contribution is -2.15. The third-order valence-corrected chi connectivity index (χ3v) is 4.26. The topological polar surface area (TPSA) is 68.3 Å². The van der Waals surface area contributed by atoms with Gasteiger partial charge in [-0.05, 0) is 49.2 Å². The van der Waals surface area contributed by atoms with Crippen LogP contribution in [-0.4, -0.2) is 23.2 Å². The first-order valence-corrected chi connectivity index (χ1v) is 8.50. The summed E-state index contributed by atoms with van der Waals surface area (Å²) in [6.45, 7) is 5.34. The van der Waals surface area contributed by atoms with Gasteiger partial charge in [0.2, 0.25) is 0 Å². The van der Waals surface area contributed by atoms with E-state index < -0.39 is 0 Å². The van der Waals surface area contributed by atoms with Gasteiger partial charge in [0.15, 0.2) is 11.5 Å². The van der Waals surface area contributed by atoms with Gasteiger partial charge in [-0.1, -0.05) is 6.07 Å².